The fraction of sp³-hybridized carbons (Fsp3) is 0.625. The second kappa shape index (κ2) is 11.9. The minimum atomic E-state index is -2.71. The standard InChI is InChI=1S/C24H36O8Si/c1-17-20(22(26)32-21(17)25)15-19(18-11-8-7-9-12-18)16-24(2,3)23(27)31-13-10-14-33(28-4,29-5)30-6/h7-9,11-12,17,19-20H,10,13-16H2,1-6H3. The van der Waals surface area contributed by atoms with Crippen molar-refractivity contribution in [3.05, 3.63) is 35.9 Å². The lowest BCUT2D eigenvalue weighted by molar-refractivity contribution is -0.155. The first-order chi connectivity index (χ1) is 15.6. The van der Waals surface area contributed by atoms with Crippen molar-refractivity contribution in [3.8, 4) is 0 Å². The highest BCUT2D eigenvalue weighted by atomic mass is 28.4. The quantitative estimate of drug-likeness (QED) is 0.182. The van der Waals surface area contributed by atoms with E-state index in [4.69, 9.17) is 22.8 Å². The van der Waals surface area contributed by atoms with Gasteiger partial charge in [0.25, 0.3) is 0 Å². The minimum absolute atomic E-state index is 0.116. The van der Waals surface area contributed by atoms with Crippen molar-refractivity contribution >= 4 is 26.7 Å². The van der Waals surface area contributed by atoms with Gasteiger partial charge in [0.1, 0.15) is 0 Å². The summed E-state index contributed by atoms with van der Waals surface area (Å²) < 4.78 is 26.6. The summed E-state index contributed by atoms with van der Waals surface area (Å²) in [4.78, 5) is 37.0. The molecule has 33 heavy (non-hydrogen) atoms. The van der Waals surface area contributed by atoms with Crippen molar-refractivity contribution in [2.45, 2.75) is 52.0 Å². The molecular weight excluding hydrogens is 444 g/mol. The molecule has 0 N–H and O–H groups in total. The summed E-state index contributed by atoms with van der Waals surface area (Å²) in [6.07, 6.45) is 1.45. The van der Waals surface area contributed by atoms with Crippen LogP contribution in [0.4, 0.5) is 0 Å². The van der Waals surface area contributed by atoms with E-state index >= 15 is 0 Å². The fourth-order valence-electron chi connectivity index (χ4n) is 4.21. The Labute approximate surface area is 197 Å². The van der Waals surface area contributed by atoms with Gasteiger partial charge in [0.2, 0.25) is 0 Å². The summed E-state index contributed by atoms with van der Waals surface area (Å²) in [6, 6.07) is 10.2. The SMILES string of the molecule is CO[Si](CCCOC(=O)C(C)(C)CC(CC1C(=O)OC(=O)C1C)c1ccccc1)(OC)OC. The van der Waals surface area contributed by atoms with Crippen LogP contribution in [0.25, 0.3) is 0 Å². The van der Waals surface area contributed by atoms with Crippen LogP contribution in [0, 0.1) is 17.3 Å². The Kier molecular flexibility index (Phi) is 9.78. The molecule has 0 aliphatic carbocycles. The molecule has 3 atom stereocenters. The van der Waals surface area contributed by atoms with Crippen molar-refractivity contribution in [2.24, 2.45) is 17.3 Å². The molecular formula is C24H36O8Si. The van der Waals surface area contributed by atoms with E-state index < -0.39 is 38.0 Å². The number of ether oxygens (including phenoxy) is 2. The highest BCUT2D eigenvalue weighted by Gasteiger charge is 2.44. The van der Waals surface area contributed by atoms with Gasteiger partial charge in [-0.1, -0.05) is 37.3 Å². The molecule has 1 aliphatic heterocycles. The number of carbonyl (C=O) groups excluding carboxylic acids is 3. The molecule has 1 fully saturated rings. The van der Waals surface area contributed by atoms with Crippen LogP contribution >= 0.6 is 0 Å². The Morgan fingerprint density at radius 2 is 1.67 bits per heavy atom. The van der Waals surface area contributed by atoms with E-state index in [2.05, 4.69) is 0 Å². The second-order valence-corrected chi connectivity index (χ2v) is 12.2. The van der Waals surface area contributed by atoms with Crippen molar-refractivity contribution in [3.63, 3.8) is 0 Å². The normalized spacial score (nSPS) is 19.9. The monoisotopic (exact) mass is 480 g/mol. The van der Waals surface area contributed by atoms with Crippen molar-refractivity contribution in [1.82, 2.24) is 0 Å². The zero-order chi connectivity index (χ0) is 24.6. The molecule has 0 bridgehead atoms. The molecule has 9 heteroatoms. The highest BCUT2D eigenvalue weighted by molar-refractivity contribution is 6.60. The van der Waals surface area contributed by atoms with Crippen LogP contribution in [-0.2, 0) is 37.1 Å². The van der Waals surface area contributed by atoms with Gasteiger partial charge >= 0.3 is 26.7 Å². The first-order valence-corrected chi connectivity index (χ1v) is 13.2. The molecule has 1 aromatic rings. The zero-order valence-corrected chi connectivity index (χ0v) is 21.4. The lowest BCUT2D eigenvalue weighted by Gasteiger charge is -2.30. The van der Waals surface area contributed by atoms with Gasteiger partial charge < -0.3 is 22.8 Å². The maximum atomic E-state index is 12.9. The smallest absolute Gasteiger partial charge is 0.465 e. The lowest BCUT2D eigenvalue weighted by Crippen LogP contribution is -2.42. The largest absolute Gasteiger partial charge is 0.500 e. The number of cyclic esters (lactones) is 2. The average Bonchev–Trinajstić information content (AvgIpc) is 3.05. The maximum absolute atomic E-state index is 12.9. The molecule has 0 spiro atoms. The zero-order valence-electron chi connectivity index (χ0n) is 20.4. The molecule has 184 valence electrons. The fourth-order valence-corrected chi connectivity index (χ4v) is 5.90. The predicted molar refractivity (Wildman–Crippen MR) is 123 cm³/mol. The predicted octanol–water partition coefficient (Wildman–Crippen LogP) is 3.72. The van der Waals surface area contributed by atoms with Gasteiger partial charge in [-0.2, -0.15) is 0 Å². The molecule has 0 amide bonds. The molecule has 1 saturated heterocycles. The van der Waals surface area contributed by atoms with E-state index in [1.807, 2.05) is 44.2 Å². The molecule has 8 nitrogen and oxygen atoms in total. The van der Waals surface area contributed by atoms with E-state index in [9.17, 15) is 14.4 Å². The highest BCUT2D eigenvalue weighted by Crippen LogP contribution is 2.40. The number of esters is 3. The molecule has 1 aliphatic rings. The van der Waals surface area contributed by atoms with Crippen molar-refractivity contribution in [2.75, 3.05) is 27.9 Å². The second-order valence-electron chi connectivity index (χ2n) is 9.10. The molecule has 0 aromatic heterocycles. The Bertz CT molecular complexity index is 798. The van der Waals surface area contributed by atoms with Gasteiger partial charge in [0.05, 0.1) is 23.9 Å². The summed E-state index contributed by atoms with van der Waals surface area (Å²) >= 11 is 0. The first-order valence-electron chi connectivity index (χ1n) is 11.2. The van der Waals surface area contributed by atoms with Crippen LogP contribution in [-0.4, -0.2) is 54.6 Å². The van der Waals surface area contributed by atoms with Gasteiger partial charge in [-0.15, -0.1) is 0 Å². The Morgan fingerprint density at radius 1 is 1.06 bits per heavy atom. The van der Waals surface area contributed by atoms with Crippen LogP contribution in [0.3, 0.4) is 0 Å². The number of rotatable bonds is 13. The number of benzene rings is 1. The summed E-state index contributed by atoms with van der Waals surface area (Å²) in [5, 5.41) is 0. The summed E-state index contributed by atoms with van der Waals surface area (Å²) in [5.74, 6) is -2.43. The van der Waals surface area contributed by atoms with E-state index in [1.165, 1.54) is 0 Å². The Morgan fingerprint density at radius 3 is 2.18 bits per heavy atom. The maximum Gasteiger partial charge on any atom is 0.500 e. The van der Waals surface area contributed by atoms with Gasteiger partial charge in [-0.25, -0.2) is 0 Å². The summed E-state index contributed by atoms with van der Waals surface area (Å²) in [7, 11) is 1.94. The van der Waals surface area contributed by atoms with Gasteiger partial charge in [0, 0.05) is 27.4 Å². The third kappa shape index (κ3) is 6.96. The van der Waals surface area contributed by atoms with Gasteiger partial charge in [-0.3, -0.25) is 14.4 Å². The molecule has 2 rings (SSSR count). The van der Waals surface area contributed by atoms with Crippen molar-refractivity contribution < 1.29 is 37.1 Å². The average molecular weight is 481 g/mol. The summed E-state index contributed by atoms with van der Waals surface area (Å²) in [5.41, 5.74) is 0.211. The molecule has 1 aromatic carbocycles. The van der Waals surface area contributed by atoms with E-state index in [-0.39, 0.29) is 18.5 Å². The Balaban J connectivity index is 2.04. The summed E-state index contributed by atoms with van der Waals surface area (Å²) in [6.45, 7) is 5.61. The topological polar surface area (TPSA) is 97.4 Å². The van der Waals surface area contributed by atoms with Crippen LogP contribution in [0.2, 0.25) is 6.04 Å². The number of hydrogen-bond acceptors (Lipinski definition) is 8. The minimum Gasteiger partial charge on any atom is -0.465 e. The Hall–Kier alpha value is -2.07. The molecule has 1 heterocycles. The van der Waals surface area contributed by atoms with Crippen molar-refractivity contribution in [1.29, 1.82) is 0 Å². The van der Waals surface area contributed by atoms with E-state index in [0.29, 0.717) is 25.3 Å². The van der Waals surface area contributed by atoms with Crippen LogP contribution < -0.4 is 0 Å². The van der Waals surface area contributed by atoms with Crippen LogP contribution in [0.1, 0.15) is 51.5 Å². The number of carbonyl (C=O) groups is 3. The van der Waals surface area contributed by atoms with E-state index in [0.717, 1.165) is 5.56 Å². The van der Waals surface area contributed by atoms with Gasteiger partial charge in [0.15, 0.2) is 0 Å². The number of hydrogen-bond donors (Lipinski definition) is 0. The third-order valence-corrected chi connectivity index (χ3v) is 9.22. The molecule has 0 radical (unpaired) electrons. The van der Waals surface area contributed by atoms with Crippen LogP contribution in [0.15, 0.2) is 30.3 Å². The lowest BCUT2D eigenvalue weighted by atomic mass is 9.75. The molecule has 0 saturated carbocycles. The van der Waals surface area contributed by atoms with Gasteiger partial charge in [-0.05, 0) is 44.6 Å². The van der Waals surface area contributed by atoms with E-state index in [1.54, 1.807) is 28.3 Å². The first kappa shape index (κ1) is 27.2. The van der Waals surface area contributed by atoms with Crippen LogP contribution in [0.5, 0.6) is 0 Å². The molecule has 3 unspecified atom stereocenters. The third-order valence-electron chi connectivity index (χ3n) is 6.39.